The van der Waals surface area contributed by atoms with E-state index < -0.39 is 11.8 Å². The Morgan fingerprint density at radius 3 is 2.54 bits per heavy atom. The van der Waals surface area contributed by atoms with Gasteiger partial charge in [-0.05, 0) is 71.6 Å². The van der Waals surface area contributed by atoms with Crippen LogP contribution in [-0.4, -0.2) is 40.4 Å². The topological polar surface area (TPSA) is 149 Å². The van der Waals surface area contributed by atoms with Crippen LogP contribution in [0.1, 0.15) is 46.8 Å². The number of fused-ring (bicyclic) bond motifs is 1. The number of nitrogens with zero attached hydrogens (tertiary/aromatic N) is 3. The van der Waals surface area contributed by atoms with Gasteiger partial charge in [-0.1, -0.05) is 24.3 Å². The van der Waals surface area contributed by atoms with E-state index in [4.69, 9.17) is 21.2 Å². The highest BCUT2D eigenvalue weighted by molar-refractivity contribution is 9.10. The first kappa shape index (κ1) is 27.8. The molecule has 39 heavy (non-hydrogen) atoms. The minimum Gasteiger partial charge on any atom is -0.490 e. The SMILES string of the molecule is CC(C)Oc1ccc(C(N)=O)c(C(CNC(=O)CN)Cc2ccc(-c3cn4cccc(Br)c4n3)cc2)c1C#N. The molecule has 2 heterocycles. The van der Waals surface area contributed by atoms with Crippen LogP contribution in [0.5, 0.6) is 5.75 Å². The zero-order valence-corrected chi connectivity index (χ0v) is 23.2. The van der Waals surface area contributed by atoms with Gasteiger partial charge in [0.05, 0.1) is 28.4 Å². The third-order valence-corrected chi connectivity index (χ3v) is 6.87. The maximum Gasteiger partial charge on any atom is 0.249 e. The summed E-state index contributed by atoms with van der Waals surface area (Å²) in [5, 5.41) is 12.9. The number of nitrogens with one attached hydrogen (secondary N) is 1. The molecule has 0 spiro atoms. The molecule has 10 heteroatoms. The molecular weight excluding hydrogens is 560 g/mol. The number of benzene rings is 2. The number of primary amides is 1. The highest BCUT2D eigenvalue weighted by Crippen LogP contribution is 2.34. The molecule has 2 aromatic heterocycles. The smallest absolute Gasteiger partial charge is 0.249 e. The summed E-state index contributed by atoms with van der Waals surface area (Å²) in [6.45, 7) is 3.68. The predicted molar refractivity (Wildman–Crippen MR) is 152 cm³/mol. The maximum absolute atomic E-state index is 12.4. The Morgan fingerprint density at radius 1 is 1.18 bits per heavy atom. The highest BCUT2D eigenvalue weighted by atomic mass is 79.9. The van der Waals surface area contributed by atoms with E-state index >= 15 is 0 Å². The van der Waals surface area contributed by atoms with Crippen molar-refractivity contribution >= 4 is 33.4 Å². The fourth-order valence-electron chi connectivity index (χ4n) is 4.51. The van der Waals surface area contributed by atoms with Crippen LogP contribution in [0.4, 0.5) is 0 Å². The normalized spacial score (nSPS) is 11.8. The van der Waals surface area contributed by atoms with Gasteiger partial charge in [-0.15, -0.1) is 0 Å². The lowest BCUT2D eigenvalue weighted by molar-refractivity contribution is -0.119. The molecule has 0 aliphatic carbocycles. The zero-order chi connectivity index (χ0) is 28.1. The van der Waals surface area contributed by atoms with Gasteiger partial charge in [0.25, 0.3) is 0 Å². The Bertz CT molecular complexity index is 1560. The summed E-state index contributed by atoms with van der Waals surface area (Å²) >= 11 is 3.53. The largest absolute Gasteiger partial charge is 0.490 e. The third-order valence-electron chi connectivity index (χ3n) is 6.25. The molecule has 0 aliphatic rings. The van der Waals surface area contributed by atoms with E-state index in [2.05, 4.69) is 27.3 Å². The summed E-state index contributed by atoms with van der Waals surface area (Å²) in [6.07, 6.45) is 4.12. The first-order valence-electron chi connectivity index (χ1n) is 12.4. The number of hydrogen-bond donors (Lipinski definition) is 3. The van der Waals surface area contributed by atoms with E-state index in [1.54, 1.807) is 12.1 Å². The summed E-state index contributed by atoms with van der Waals surface area (Å²) in [4.78, 5) is 29.2. The van der Waals surface area contributed by atoms with Crippen molar-refractivity contribution in [1.82, 2.24) is 14.7 Å². The molecule has 200 valence electrons. The molecule has 0 aliphatic heterocycles. The van der Waals surface area contributed by atoms with Crippen LogP contribution in [0.2, 0.25) is 0 Å². The van der Waals surface area contributed by atoms with Crippen molar-refractivity contribution in [2.45, 2.75) is 32.3 Å². The van der Waals surface area contributed by atoms with E-state index in [1.807, 2.05) is 67.0 Å². The molecule has 9 nitrogen and oxygen atoms in total. The van der Waals surface area contributed by atoms with Crippen molar-refractivity contribution in [3.05, 3.63) is 87.7 Å². The lowest BCUT2D eigenvalue weighted by Crippen LogP contribution is -2.35. The van der Waals surface area contributed by atoms with Crippen molar-refractivity contribution < 1.29 is 14.3 Å². The molecule has 0 bridgehead atoms. The number of halogens is 1. The number of ether oxygens (including phenoxy) is 1. The number of aromatic nitrogens is 2. The Hall–Kier alpha value is -4.20. The van der Waals surface area contributed by atoms with Gasteiger partial charge in [0.15, 0.2) is 5.65 Å². The Labute approximate surface area is 234 Å². The van der Waals surface area contributed by atoms with Gasteiger partial charge in [0.1, 0.15) is 11.8 Å². The van der Waals surface area contributed by atoms with Gasteiger partial charge in [0.2, 0.25) is 11.8 Å². The summed E-state index contributed by atoms with van der Waals surface area (Å²) in [5.41, 5.74) is 15.6. The van der Waals surface area contributed by atoms with Crippen molar-refractivity contribution in [1.29, 1.82) is 5.26 Å². The average molecular weight is 589 g/mol. The number of pyridine rings is 1. The lowest BCUT2D eigenvalue weighted by atomic mass is 9.84. The molecule has 4 rings (SSSR count). The quantitative estimate of drug-likeness (QED) is 0.255. The Balaban J connectivity index is 1.72. The monoisotopic (exact) mass is 588 g/mol. The fourth-order valence-corrected chi connectivity index (χ4v) is 4.95. The number of nitrogens with two attached hydrogens (primary N) is 2. The molecule has 5 N–H and O–H groups in total. The van der Waals surface area contributed by atoms with Crippen molar-refractivity contribution in [3.63, 3.8) is 0 Å². The van der Waals surface area contributed by atoms with Gasteiger partial charge in [0, 0.05) is 36.0 Å². The molecule has 0 radical (unpaired) electrons. The number of carbonyl (C=O) groups is 2. The Kier molecular flexibility index (Phi) is 8.64. The van der Waals surface area contributed by atoms with Gasteiger partial charge in [-0.3, -0.25) is 9.59 Å². The van der Waals surface area contributed by atoms with E-state index in [0.717, 1.165) is 26.9 Å². The van der Waals surface area contributed by atoms with Crippen LogP contribution in [0, 0.1) is 11.3 Å². The summed E-state index contributed by atoms with van der Waals surface area (Å²) < 4.78 is 8.71. The van der Waals surface area contributed by atoms with Crippen LogP contribution in [0.15, 0.2) is 65.4 Å². The summed E-state index contributed by atoms with van der Waals surface area (Å²) in [5.74, 6) is -1.11. The van der Waals surface area contributed by atoms with Gasteiger partial charge in [-0.25, -0.2) is 4.98 Å². The van der Waals surface area contributed by atoms with Gasteiger partial charge < -0.3 is 25.9 Å². The molecule has 1 unspecified atom stereocenters. The van der Waals surface area contributed by atoms with Crippen LogP contribution in [-0.2, 0) is 11.2 Å². The molecule has 0 saturated heterocycles. The number of amides is 2. The van der Waals surface area contributed by atoms with Crippen LogP contribution in [0.3, 0.4) is 0 Å². The van der Waals surface area contributed by atoms with E-state index in [-0.39, 0.29) is 36.2 Å². The van der Waals surface area contributed by atoms with Gasteiger partial charge >= 0.3 is 0 Å². The maximum atomic E-state index is 12.4. The number of rotatable bonds is 10. The first-order chi connectivity index (χ1) is 18.7. The average Bonchev–Trinajstić information content (AvgIpc) is 3.36. The summed E-state index contributed by atoms with van der Waals surface area (Å²) in [7, 11) is 0. The minimum absolute atomic E-state index is 0.151. The summed E-state index contributed by atoms with van der Waals surface area (Å²) in [6, 6.07) is 17.1. The standard InChI is InChI=1S/C29H29BrN6O3/c1-17(2)39-25-10-9-21(28(33)38)27(22(25)13-31)20(15-34-26(37)14-32)12-18-5-7-19(8-6-18)24-16-36-11-3-4-23(30)29(36)35-24/h3-11,16-17,20H,12,14-15,32H2,1-2H3,(H2,33,38)(H,34,37). The van der Waals surface area contributed by atoms with E-state index in [9.17, 15) is 14.9 Å². The zero-order valence-electron chi connectivity index (χ0n) is 21.6. The Morgan fingerprint density at radius 2 is 1.92 bits per heavy atom. The van der Waals surface area contributed by atoms with E-state index in [0.29, 0.717) is 17.7 Å². The molecule has 2 aromatic carbocycles. The molecule has 2 amide bonds. The lowest BCUT2D eigenvalue weighted by Gasteiger charge is -2.24. The van der Waals surface area contributed by atoms with Crippen molar-refractivity contribution in [2.24, 2.45) is 11.5 Å². The van der Waals surface area contributed by atoms with Gasteiger partial charge in [-0.2, -0.15) is 5.26 Å². The molecule has 4 aromatic rings. The fraction of sp³-hybridized carbons (Fsp3) is 0.241. The van der Waals surface area contributed by atoms with Crippen LogP contribution >= 0.6 is 15.9 Å². The van der Waals surface area contributed by atoms with Crippen LogP contribution < -0.4 is 21.5 Å². The second-order valence-corrected chi connectivity index (χ2v) is 10.2. The predicted octanol–water partition coefficient (Wildman–Crippen LogP) is 3.92. The number of carbonyl (C=O) groups excluding carboxylic acids is 2. The highest BCUT2D eigenvalue weighted by Gasteiger charge is 2.26. The first-order valence-corrected chi connectivity index (χ1v) is 13.2. The third kappa shape index (κ3) is 6.28. The van der Waals surface area contributed by atoms with E-state index in [1.165, 1.54) is 0 Å². The second-order valence-electron chi connectivity index (χ2n) is 9.36. The molecule has 1 atom stereocenters. The molecular formula is C29H29BrN6O3. The second kappa shape index (κ2) is 12.1. The van der Waals surface area contributed by atoms with Crippen LogP contribution in [0.25, 0.3) is 16.9 Å². The minimum atomic E-state index is -0.666. The van der Waals surface area contributed by atoms with Crippen molar-refractivity contribution in [3.8, 4) is 23.1 Å². The van der Waals surface area contributed by atoms with Crippen molar-refractivity contribution in [2.75, 3.05) is 13.1 Å². The number of hydrogen-bond acceptors (Lipinski definition) is 6. The molecule has 0 saturated carbocycles. The molecule has 0 fully saturated rings. The number of imidazole rings is 1. The number of nitriles is 1.